The SMILES string of the molecule is CC(C)n1ccnc1C(=O)N[C@H]1CCN(c2cc(=O)n(C)c(=O)n2C)C1. The molecular formula is C17H24N6O3. The molecule has 3 rings (SSSR count). The minimum absolute atomic E-state index is 0.0704. The van der Waals surface area contributed by atoms with Crippen LogP contribution >= 0.6 is 0 Å². The van der Waals surface area contributed by atoms with Crippen molar-refractivity contribution in [2.24, 2.45) is 14.1 Å². The highest BCUT2D eigenvalue weighted by Crippen LogP contribution is 2.18. The molecule has 1 aliphatic rings. The first kappa shape index (κ1) is 18.0. The summed E-state index contributed by atoms with van der Waals surface area (Å²) < 4.78 is 4.36. The van der Waals surface area contributed by atoms with Crippen LogP contribution in [0.25, 0.3) is 0 Å². The maximum Gasteiger partial charge on any atom is 0.332 e. The number of hydrogen-bond acceptors (Lipinski definition) is 5. The molecule has 9 heteroatoms. The van der Waals surface area contributed by atoms with Gasteiger partial charge in [-0.3, -0.25) is 18.7 Å². The fraction of sp³-hybridized carbons (Fsp3) is 0.529. The Bertz CT molecular complexity index is 939. The van der Waals surface area contributed by atoms with E-state index in [1.165, 1.54) is 17.7 Å². The van der Waals surface area contributed by atoms with Crippen molar-refractivity contribution < 1.29 is 4.79 Å². The summed E-state index contributed by atoms with van der Waals surface area (Å²) in [6.45, 7) is 5.18. The number of nitrogens with one attached hydrogen (secondary N) is 1. The Morgan fingerprint density at radius 2 is 2.00 bits per heavy atom. The van der Waals surface area contributed by atoms with E-state index in [4.69, 9.17) is 0 Å². The largest absolute Gasteiger partial charge is 0.356 e. The highest BCUT2D eigenvalue weighted by atomic mass is 16.2. The Labute approximate surface area is 150 Å². The van der Waals surface area contributed by atoms with Crippen molar-refractivity contribution in [2.75, 3.05) is 18.0 Å². The van der Waals surface area contributed by atoms with E-state index in [2.05, 4.69) is 10.3 Å². The second-order valence-electron chi connectivity index (χ2n) is 6.90. The fourth-order valence-electron chi connectivity index (χ4n) is 3.27. The van der Waals surface area contributed by atoms with Crippen LogP contribution in [-0.2, 0) is 14.1 Å². The van der Waals surface area contributed by atoms with Gasteiger partial charge in [0.1, 0.15) is 5.82 Å². The Kier molecular flexibility index (Phi) is 4.71. The van der Waals surface area contributed by atoms with Gasteiger partial charge >= 0.3 is 5.69 Å². The molecule has 1 amide bonds. The summed E-state index contributed by atoms with van der Waals surface area (Å²) in [6.07, 6.45) is 4.14. The molecular weight excluding hydrogens is 336 g/mol. The van der Waals surface area contributed by atoms with Crippen molar-refractivity contribution in [1.29, 1.82) is 0 Å². The van der Waals surface area contributed by atoms with Crippen LogP contribution < -0.4 is 21.5 Å². The molecule has 2 aromatic heterocycles. The van der Waals surface area contributed by atoms with Gasteiger partial charge in [-0.2, -0.15) is 0 Å². The molecule has 0 unspecified atom stereocenters. The zero-order valence-corrected chi connectivity index (χ0v) is 15.5. The Hall–Kier alpha value is -2.84. The number of carbonyl (C=O) groups excluding carboxylic acids is 1. The lowest BCUT2D eigenvalue weighted by atomic mass is 10.2. The average Bonchev–Trinajstić information content (AvgIpc) is 3.25. The predicted octanol–water partition coefficient (Wildman–Crippen LogP) is -0.130. The van der Waals surface area contributed by atoms with E-state index in [-0.39, 0.29) is 29.2 Å². The van der Waals surface area contributed by atoms with Crippen molar-refractivity contribution >= 4 is 11.7 Å². The molecule has 2 aromatic rings. The van der Waals surface area contributed by atoms with Gasteiger partial charge in [-0.25, -0.2) is 9.78 Å². The standard InChI is InChI=1S/C17H24N6O3/c1-11(2)23-8-6-18-15(23)16(25)19-12-5-7-22(10-12)13-9-14(24)21(4)17(26)20(13)3/h6,8-9,11-12H,5,7,10H2,1-4H3,(H,19,25)/t12-/m0/s1. The van der Waals surface area contributed by atoms with Crippen LogP contribution in [0.2, 0.25) is 0 Å². The second kappa shape index (κ2) is 6.81. The third-order valence-corrected chi connectivity index (χ3v) is 4.78. The molecule has 1 aliphatic heterocycles. The third kappa shape index (κ3) is 3.16. The number of anilines is 1. The van der Waals surface area contributed by atoms with Gasteiger partial charge in [0.15, 0.2) is 5.82 Å². The Morgan fingerprint density at radius 1 is 1.27 bits per heavy atom. The summed E-state index contributed by atoms with van der Waals surface area (Å²) >= 11 is 0. The van der Waals surface area contributed by atoms with Crippen molar-refractivity contribution in [3.8, 4) is 0 Å². The van der Waals surface area contributed by atoms with E-state index in [0.717, 1.165) is 11.0 Å². The number of aromatic nitrogens is 4. The highest BCUT2D eigenvalue weighted by molar-refractivity contribution is 5.91. The van der Waals surface area contributed by atoms with Gasteiger partial charge in [0, 0.05) is 57.7 Å². The van der Waals surface area contributed by atoms with Crippen molar-refractivity contribution in [1.82, 2.24) is 24.0 Å². The first-order chi connectivity index (χ1) is 12.3. The summed E-state index contributed by atoms with van der Waals surface area (Å²) in [4.78, 5) is 42.7. The molecule has 9 nitrogen and oxygen atoms in total. The zero-order chi connectivity index (χ0) is 19.0. The average molecular weight is 360 g/mol. The van der Waals surface area contributed by atoms with Crippen LogP contribution in [0.1, 0.15) is 36.9 Å². The first-order valence-corrected chi connectivity index (χ1v) is 8.65. The lowest BCUT2D eigenvalue weighted by Crippen LogP contribution is -2.42. The number of rotatable bonds is 4. The van der Waals surface area contributed by atoms with Crippen molar-refractivity contribution in [2.45, 2.75) is 32.4 Å². The summed E-state index contributed by atoms with van der Waals surface area (Å²) in [5, 5.41) is 3.00. The van der Waals surface area contributed by atoms with Crippen LogP contribution in [0.15, 0.2) is 28.0 Å². The fourth-order valence-corrected chi connectivity index (χ4v) is 3.27. The molecule has 0 aliphatic carbocycles. The molecule has 26 heavy (non-hydrogen) atoms. The van der Waals surface area contributed by atoms with E-state index in [1.807, 2.05) is 23.3 Å². The number of amides is 1. The zero-order valence-electron chi connectivity index (χ0n) is 15.5. The van der Waals surface area contributed by atoms with Crippen LogP contribution in [0, 0.1) is 0 Å². The van der Waals surface area contributed by atoms with Gasteiger partial charge in [0.05, 0.1) is 0 Å². The maximum atomic E-state index is 12.5. The van der Waals surface area contributed by atoms with Gasteiger partial charge in [-0.1, -0.05) is 0 Å². The summed E-state index contributed by atoms with van der Waals surface area (Å²) in [5.74, 6) is 0.742. The minimum Gasteiger partial charge on any atom is -0.356 e. The highest BCUT2D eigenvalue weighted by Gasteiger charge is 2.27. The van der Waals surface area contributed by atoms with Gasteiger partial charge in [0.2, 0.25) is 0 Å². The van der Waals surface area contributed by atoms with Gasteiger partial charge in [-0.15, -0.1) is 0 Å². The van der Waals surface area contributed by atoms with Crippen molar-refractivity contribution in [3.05, 3.63) is 45.1 Å². The molecule has 3 heterocycles. The summed E-state index contributed by atoms with van der Waals surface area (Å²) in [5.41, 5.74) is -0.700. The van der Waals surface area contributed by atoms with E-state index < -0.39 is 0 Å². The van der Waals surface area contributed by atoms with Crippen LogP contribution in [0.3, 0.4) is 0 Å². The van der Waals surface area contributed by atoms with E-state index in [0.29, 0.717) is 24.7 Å². The van der Waals surface area contributed by atoms with Gasteiger partial charge < -0.3 is 14.8 Å². The maximum absolute atomic E-state index is 12.5. The van der Waals surface area contributed by atoms with Crippen LogP contribution in [0.4, 0.5) is 5.82 Å². The molecule has 1 atom stereocenters. The number of nitrogens with zero attached hydrogens (tertiary/aromatic N) is 5. The van der Waals surface area contributed by atoms with Crippen LogP contribution in [-0.4, -0.2) is 43.7 Å². The first-order valence-electron chi connectivity index (χ1n) is 8.65. The third-order valence-electron chi connectivity index (χ3n) is 4.78. The van der Waals surface area contributed by atoms with E-state index >= 15 is 0 Å². The monoisotopic (exact) mass is 360 g/mol. The number of hydrogen-bond donors (Lipinski definition) is 1. The molecule has 0 bridgehead atoms. The van der Waals surface area contributed by atoms with Crippen molar-refractivity contribution in [3.63, 3.8) is 0 Å². The molecule has 0 radical (unpaired) electrons. The van der Waals surface area contributed by atoms with Crippen LogP contribution in [0.5, 0.6) is 0 Å². The topological polar surface area (TPSA) is 94.2 Å². The van der Waals surface area contributed by atoms with Gasteiger partial charge in [0.25, 0.3) is 11.5 Å². The Morgan fingerprint density at radius 3 is 2.69 bits per heavy atom. The lowest BCUT2D eigenvalue weighted by molar-refractivity contribution is 0.0924. The minimum atomic E-state index is -0.362. The van der Waals surface area contributed by atoms with Gasteiger partial charge in [-0.05, 0) is 20.3 Å². The van der Waals surface area contributed by atoms with E-state index in [1.54, 1.807) is 19.4 Å². The second-order valence-corrected chi connectivity index (χ2v) is 6.90. The smallest absolute Gasteiger partial charge is 0.332 e. The molecule has 1 N–H and O–H groups in total. The Balaban J connectivity index is 1.74. The lowest BCUT2D eigenvalue weighted by Gasteiger charge is -2.21. The summed E-state index contributed by atoms with van der Waals surface area (Å²) in [6, 6.07) is 1.53. The molecule has 140 valence electrons. The molecule has 0 saturated carbocycles. The number of carbonyl (C=O) groups is 1. The molecule has 0 aromatic carbocycles. The number of imidazole rings is 1. The van der Waals surface area contributed by atoms with E-state index in [9.17, 15) is 14.4 Å². The molecule has 1 fully saturated rings. The quantitative estimate of drug-likeness (QED) is 0.820. The normalized spacial score (nSPS) is 17.1. The molecule has 0 spiro atoms. The summed E-state index contributed by atoms with van der Waals surface area (Å²) in [7, 11) is 3.10. The predicted molar refractivity (Wildman–Crippen MR) is 97.6 cm³/mol. The molecule has 1 saturated heterocycles.